The molecule has 0 aliphatic rings. The number of carboxylic acids is 1. The molecule has 0 heterocycles. The molecule has 132 valence electrons. The van der Waals surface area contributed by atoms with Crippen LogP contribution in [-0.4, -0.2) is 86.4 Å². The highest BCUT2D eigenvalue weighted by Gasteiger charge is 2.15. The number of rotatable bonds is 10. The summed E-state index contributed by atoms with van der Waals surface area (Å²) in [4.78, 5) is 47.5. The first-order valence-corrected chi connectivity index (χ1v) is 6.87. The molecule has 0 aromatic heterocycles. The zero-order chi connectivity index (χ0) is 17.8. The van der Waals surface area contributed by atoms with Crippen LogP contribution in [0.4, 0.5) is 4.79 Å². The van der Waals surface area contributed by atoms with Gasteiger partial charge in [0, 0.05) is 34.2 Å². The lowest BCUT2D eigenvalue weighted by Crippen LogP contribution is -2.43. The molecular weight excluding hydrogens is 310 g/mol. The molecule has 10 heteroatoms. The van der Waals surface area contributed by atoms with Gasteiger partial charge in [-0.05, 0) is 6.42 Å². The monoisotopic (exact) mass is 333 g/mol. The molecule has 0 fully saturated rings. The van der Waals surface area contributed by atoms with Gasteiger partial charge in [0.05, 0.1) is 6.54 Å². The van der Waals surface area contributed by atoms with E-state index < -0.39 is 18.0 Å². The number of likely N-dealkylation sites (N-methyl/N-ethyl adjacent to an activating group) is 2. The number of hydrogen-bond donors (Lipinski definition) is 2. The van der Waals surface area contributed by atoms with Crippen LogP contribution < -0.4 is 5.32 Å². The average Bonchev–Trinajstić information content (AvgIpc) is 2.49. The lowest BCUT2D eigenvalue weighted by molar-refractivity contribution is -0.138. The second-order valence-electron chi connectivity index (χ2n) is 4.76. The molecule has 0 bridgehead atoms. The molecule has 3 amide bonds. The zero-order valence-corrected chi connectivity index (χ0v) is 13.5. The summed E-state index contributed by atoms with van der Waals surface area (Å²) in [6.45, 7) is -0.434. The minimum Gasteiger partial charge on any atom is -0.481 e. The number of carboxylic acid groups (broad SMARTS) is 1. The maximum absolute atomic E-state index is 11.7. The Bertz CT molecular complexity index is 428. The Balaban J connectivity index is 4.00. The molecule has 0 atom stereocenters. The maximum Gasteiger partial charge on any atom is 0.412 e. The van der Waals surface area contributed by atoms with Crippen LogP contribution in [0.25, 0.3) is 0 Å². The van der Waals surface area contributed by atoms with Gasteiger partial charge < -0.3 is 29.7 Å². The second-order valence-corrected chi connectivity index (χ2v) is 4.76. The molecule has 23 heavy (non-hydrogen) atoms. The Morgan fingerprint density at radius 2 is 1.78 bits per heavy atom. The molecule has 0 aromatic rings. The predicted octanol–water partition coefficient (Wildman–Crippen LogP) is -0.902. The van der Waals surface area contributed by atoms with E-state index in [2.05, 4.69) is 14.8 Å². The van der Waals surface area contributed by atoms with E-state index in [1.165, 1.54) is 26.1 Å². The van der Waals surface area contributed by atoms with Crippen LogP contribution in [0, 0.1) is 0 Å². The van der Waals surface area contributed by atoms with E-state index in [0.29, 0.717) is 6.42 Å². The standard InChI is InChI=1S/C13H23N3O7/c1-15(6-4-5-12(19)20)11(18)7-14-10(17)8-16(2)13(21)23-9-22-3/h4-9H2,1-3H3,(H,14,17)(H,19,20). The molecule has 0 aromatic carbocycles. The first kappa shape index (κ1) is 20.6. The average molecular weight is 333 g/mol. The SMILES string of the molecule is COCOC(=O)N(C)CC(=O)NCC(=O)N(C)CCCC(=O)O. The topological polar surface area (TPSA) is 125 Å². The summed E-state index contributed by atoms with van der Waals surface area (Å²) >= 11 is 0. The smallest absolute Gasteiger partial charge is 0.412 e. The lowest BCUT2D eigenvalue weighted by Gasteiger charge is -2.18. The van der Waals surface area contributed by atoms with Crippen molar-refractivity contribution >= 4 is 23.9 Å². The summed E-state index contributed by atoms with van der Waals surface area (Å²) in [5.41, 5.74) is 0. The Kier molecular flexibility index (Phi) is 10.1. The van der Waals surface area contributed by atoms with Crippen molar-refractivity contribution in [1.29, 1.82) is 0 Å². The number of aliphatic carboxylic acids is 1. The highest BCUT2D eigenvalue weighted by Crippen LogP contribution is 1.94. The lowest BCUT2D eigenvalue weighted by atomic mass is 10.3. The van der Waals surface area contributed by atoms with Crippen molar-refractivity contribution in [2.24, 2.45) is 0 Å². The van der Waals surface area contributed by atoms with E-state index in [9.17, 15) is 19.2 Å². The summed E-state index contributed by atoms with van der Waals surface area (Å²) in [6, 6.07) is 0. The van der Waals surface area contributed by atoms with Gasteiger partial charge in [0.1, 0.15) is 6.54 Å². The Morgan fingerprint density at radius 1 is 1.13 bits per heavy atom. The highest BCUT2D eigenvalue weighted by molar-refractivity contribution is 5.87. The van der Waals surface area contributed by atoms with Gasteiger partial charge in [-0.2, -0.15) is 0 Å². The molecule has 0 unspecified atom stereocenters. The first-order chi connectivity index (χ1) is 10.8. The Labute approximate surface area is 134 Å². The molecule has 0 saturated heterocycles. The minimum absolute atomic E-state index is 0.0294. The third-order valence-electron chi connectivity index (χ3n) is 2.74. The first-order valence-electron chi connectivity index (χ1n) is 6.87. The largest absolute Gasteiger partial charge is 0.481 e. The van der Waals surface area contributed by atoms with Gasteiger partial charge in [-0.1, -0.05) is 0 Å². The fourth-order valence-electron chi connectivity index (χ4n) is 1.46. The van der Waals surface area contributed by atoms with Crippen molar-refractivity contribution in [3.63, 3.8) is 0 Å². The van der Waals surface area contributed by atoms with Crippen LogP contribution in [0.2, 0.25) is 0 Å². The van der Waals surface area contributed by atoms with Crippen molar-refractivity contribution in [3.05, 3.63) is 0 Å². The van der Waals surface area contributed by atoms with Crippen LogP contribution in [0.15, 0.2) is 0 Å². The Morgan fingerprint density at radius 3 is 2.35 bits per heavy atom. The number of amides is 3. The quantitative estimate of drug-likeness (QED) is 0.496. The molecule has 0 saturated carbocycles. The van der Waals surface area contributed by atoms with Crippen LogP contribution in [-0.2, 0) is 23.9 Å². The normalized spacial score (nSPS) is 9.87. The van der Waals surface area contributed by atoms with E-state index in [1.54, 1.807) is 0 Å². The van der Waals surface area contributed by atoms with Crippen LogP contribution >= 0.6 is 0 Å². The number of ether oxygens (including phenoxy) is 2. The molecular formula is C13H23N3O7. The summed E-state index contributed by atoms with van der Waals surface area (Å²) < 4.78 is 9.21. The second kappa shape index (κ2) is 11.2. The van der Waals surface area contributed by atoms with Gasteiger partial charge in [0.15, 0.2) is 6.79 Å². The van der Waals surface area contributed by atoms with Crippen LogP contribution in [0.5, 0.6) is 0 Å². The van der Waals surface area contributed by atoms with Gasteiger partial charge in [-0.15, -0.1) is 0 Å². The third-order valence-corrected chi connectivity index (χ3v) is 2.74. The van der Waals surface area contributed by atoms with E-state index in [-0.39, 0.29) is 38.8 Å². The van der Waals surface area contributed by atoms with Gasteiger partial charge in [-0.3, -0.25) is 14.4 Å². The minimum atomic E-state index is -0.928. The van der Waals surface area contributed by atoms with Crippen molar-refractivity contribution in [2.45, 2.75) is 12.8 Å². The molecule has 0 aliphatic heterocycles. The van der Waals surface area contributed by atoms with Gasteiger partial charge in [0.25, 0.3) is 0 Å². The van der Waals surface area contributed by atoms with E-state index in [1.807, 2.05) is 0 Å². The van der Waals surface area contributed by atoms with Crippen molar-refractivity contribution in [3.8, 4) is 0 Å². The van der Waals surface area contributed by atoms with Crippen molar-refractivity contribution in [1.82, 2.24) is 15.1 Å². The van der Waals surface area contributed by atoms with Crippen molar-refractivity contribution in [2.75, 3.05) is 47.6 Å². The van der Waals surface area contributed by atoms with E-state index in [0.717, 1.165) is 4.90 Å². The highest BCUT2D eigenvalue weighted by atomic mass is 16.7. The fourth-order valence-corrected chi connectivity index (χ4v) is 1.46. The molecule has 10 nitrogen and oxygen atoms in total. The van der Waals surface area contributed by atoms with Gasteiger partial charge in [0.2, 0.25) is 11.8 Å². The molecule has 2 N–H and O–H groups in total. The molecule has 0 aliphatic carbocycles. The van der Waals surface area contributed by atoms with Crippen LogP contribution in [0.3, 0.4) is 0 Å². The van der Waals surface area contributed by atoms with E-state index >= 15 is 0 Å². The van der Waals surface area contributed by atoms with Crippen LogP contribution in [0.1, 0.15) is 12.8 Å². The molecule has 0 rings (SSSR count). The van der Waals surface area contributed by atoms with Crippen molar-refractivity contribution < 1.29 is 33.8 Å². The summed E-state index contributed by atoms with van der Waals surface area (Å²) in [5, 5.41) is 10.9. The van der Waals surface area contributed by atoms with Gasteiger partial charge in [-0.25, -0.2) is 4.79 Å². The summed E-state index contributed by atoms with van der Waals surface area (Å²) in [7, 11) is 4.25. The summed E-state index contributed by atoms with van der Waals surface area (Å²) in [5.74, 6) is -1.80. The number of methoxy groups -OCH3 is 1. The number of hydrogen-bond acceptors (Lipinski definition) is 6. The van der Waals surface area contributed by atoms with E-state index in [4.69, 9.17) is 5.11 Å². The maximum atomic E-state index is 11.7. The molecule has 0 radical (unpaired) electrons. The molecule has 0 spiro atoms. The predicted molar refractivity (Wildman–Crippen MR) is 78.5 cm³/mol. The third kappa shape index (κ3) is 10.1. The Hall–Kier alpha value is -2.36. The number of nitrogens with zero attached hydrogens (tertiary/aromatic N) is 2. The number of carbonyl (C=O) groups excluding carboxylic acids is 3. The summed E-state index contributed by atoms with van der Waals surface area (Å²) in [6.07, 6.45) is -0.420. The fraction of sp³-hybridized carbons (Fsp3) is 0.692. The van der Waals surface area contributed by atoms with Gasteiger partial charge >= 0.3 is 12.1 Å². The number of carbonyl (C=O) groups is 4. The number of nitrogens with one attached hydrogen (secondary N) is 1. The zero-order valence-electron chi connectivity index (χ0n) is 13.5.